The Kier molecular flexibility index (Phi) is 1.68. The van der Waals surface area contributed by atoms with Crippen LogP contribution in [0, 0.1) is 17.8 Å². The number of nitrogens with two attached hydrogens (primary N) is 1. The van der Waals surface area contributed by atoms with E-state index in [0.717, 1.165) is 17.7 Å². The molecule has 3 unspecified atom stereocenters. The van der Waals surface area contributed by atoms with Gasteiger partial charge in [0.15, 0.2) is 0 Å². The molecule has 0 aromatic carbocycles. The molecule has 0 saturated heterocycles. The topological polar surface area (TPSA) is 56.7 Å². The lowest BCUT2D eigenvalue weighted by Crippen LogP contribution is -2.23. The molecule has 0 bridgehead atoms. The zero-order valence-corrected chi connectivity index (χ0v) is 8.43. The van der Waals surface area contributed by atoms with Crippen molar-refractivity contribution in [2.24, 2.45) is 30.5 Å². The van der Waals surface area contributed by atoms with E-state index in [1.807, 2.05) is 11.6 Å². The lowest BCUT2D eigenvalue weighted by atomic mass is 9.94. The van der Waals surface area contributed by atoms with Crippen LogP contribution in [-0.4, -0.2) is 14.8 Å². The van der Waals surface area contributed by atoms with E-state index in [2.05, 4.69) is 10.2 Å². The van der Waals surface area contributed by atoms with E-state index in [1.165, 1.54) is 19.3 Å². The summed E-state index contributed by atoms with van der Waals surface area (Å²) in [6.07, 6.45) is 5.78. The van der Waals surface area contributed by atoms with Gasteiger partial charge >= 0.3 is 0 Å². The summed E-state index contributed by atoms with van der Waals surface area (Å²) in [5.41, 5.74) is 6.20. The van der Waals surface area contributed by atoms with Gasteiger partial charge < -0.3 is 10.3 Å². The number of nitrogens with zero attached hydrogens (tertiary/aromatic N) is 3. The minimum Gasteiger partial charge on any atom is -0.321 e. The molecular formula is C10H16N4. The predicted octanol–water partition coefficient (Wildman–Crippen LogP) is 0.861. The van der Waals surface area contributed by atoms with Gasteiger partial charge in [0.25, 0.3) is 0 Å². The Balaban J connectivity index is 1.76. The van der Waals surface area contributed by atoms with Gasteiger partial charge in [0, 0.05) is 7.05 Å². The van der Waals surface area contributed by atoms with Crippen molar-refractivity contribution in [2.45, 2.75) is 25.3 Å². The van der Waals surface area contributed by atoms with Gasteiger partial charge in [0.2, 0.25) is 0 Å². The summed E-state index contributed by atoms with van der Waals surface area (Å²) in [5, 5.41) is 7.97. The zero-order valence-electron chi connectivity index (χ0n) is 8.43. The Morgan fingerprint density at radius 1 is 1.43 bits per heavy atom. The van der Waals surface area contributed by atoms with Crippen LogP contribution in [0.4, 0.5) is 0 Å². The van der Waals surface area contributed by atoms with Crippen LogP contribution in [0.1, 0.15) is 31.1 Å². The summed E-state index contributed by atoms with van der Waals surface area (Å²) in [6.45, 7) is 0. The second kappa shape index (κ2) is 2.79. The van der Waals surface area contributed by atoms with E-state index in [4.69, 9.17) is 5.73 Å². The molecule has 3 rings (SSSR count). The van der Waals surface area contributed by atoms with Crippen LogP contribution in [0.2, 0.25) is 0 Å². The molecule has 2 N–H and O–H groups in total. The minimum atomic E-state index is 0.0929. The molecule has 0 amide bonds. The largest absolute Gasteiger partial charge is 0.321 e. The number of hydrogen-bond acceptors (Lipinski definition) is 3. The van der Waals surface area contributed by atoms with Crippen molar-refractivity contribution in [1.29, 1.82) is 0 Å². The summed E-state index contributed by atoms with van der Waals surface area (Å²) in [4.78, 5) is 0. The monoisotopic (exact) mass is 192 g/mol. The summed E-state index contributed by atoms with van der Waals surface area (Å²) in [5.74, 6) is 3.55. The van der Waals surface area contributed by atoms with E-state index in [-0.39, 0.29) is 6.04 Å². The van der Waals surface area contributed by atoms with Crippen molar-refractivity contribution in [2.75, 3.05) is 0 Å². The highest BCUT2D eigenvalue weighted by atomic mass is 15.3. The third kappa shape index (κ3) is 1.17. The third-order valence-corrected chi connectivity index (χ3v) is 3.83. The normalized spacial score (nSPS) is 36.9. The maximum Gasteiger partial charge on any atom is 0.149 e. The van der Waals surface area contributed by atoms with Crippen molar-refractivity contribution < 1.29 is 0 Å². The molecule has 1 aromatic heterocycles. The molecule has 2 aliphatic rings. The van der Waals surface area contributed by atoms with Gasteiger partial charge in [0.1, 0.15) is 12.2 Å². The van der Waals surface area contributed by atoms with Crippen molar-refractivity contribution in [3.05, 3.63) is 12.2 Å². The molecule has 76 valence electrons. The smallest absolute Gasteiger partial charge is 0.149 e. The average molecular weight is 192 g/mol. The van der Waals surface area contributed by atoms with Crippen LogP contribution >= 0.6 is 0 Å². The van der Waals surface area contributed by atoms with E-state index < -0.39 is 0 Å². The average Bonchev–Trinajstić information content (AvgIpc) is 2.64. The van der Waals surface area contributed by atoms with Crippen molar-refractivity contribution in [3.8, 4) is 0 Å². The molecule has 0 aliphatic heterocycles. The second-order valence-corrected chi connectivity index (χ2v) is 4.81. The Hall–Kier alpha value is -0.900. The first-order valence-electron chi connectivity index (χ1n) is 5.35. The first-order chi connectivity index (χ1) is 6.75. The van der Waals surface area contributed by atoms with Crippen LogP contribution in [0.15, 0.2) is 6.33 Å². The maximum absolute atomic E-state index is 6.20. The molecule has 4 heteroatoms. The first-order valence-corrected chi connectivity index (χ1v) is 5.35. The fraction of sp³-hybridized carbons (Fsp3) is 0.800. The predicted molar refractivity (Wildman–Crippen MR) is 52.3 cm³/mol. The van der Waals surface area contributed by atoms with Crippen molar-refractivity contribution in [3.63, 3.8) is 0 Å². The third-order valence-electron chi connectivity index (χ3n) is 3.83. The Morgan fingerprint density at radius 3 is 2.71 bits per heavy atom. The van der Waals surface area contributed by atoms with Gasteiger partial charge in [-0.15, -0.1) is 10.2 Å². The number of hydrogen-bond donors (Lipinski definition) is 1. The number of fused-ring (bicyclic) bond motifs is 1. The molecule has 3 atom stereocenters. The number of aryl methyl sites for hydroxylation is 1. The highest BCUT2D eigenvalue weighted by Gasteiger charge is 2.48. The van der Waals surface area contributed by atoms with E-state index >= 15 is 0 Å². The lowest BCUT2D eigenvalue weighted by molar-refractivity contribution is 0.383. The highest BCUT2D eigenvalue weighted by molar-refractivity contribution is 5.04. The molecule has 2 fully saturated rings. The van der Waals surface area contributed by atoms with Crippen molar-refractivity contribution >= 4 is 0 Å². The van der Waals surface area contributed by atoms with Crippen LogP contribution in [0.5, 0.6) is 0 Å². The summed E-state index contributed by atoms with van der Waals surface area (Å²) in [6, 6.07) is 0.0929. The molecule has 1 heterocycles. The zero-order chi connectivity index (χ0) is 9.71. The van der Waals surface area contributed by atoms with Gasteiger partial charge in [-0.1, -0.05) is 0 Å². The molecule has 0 radical (unpaired) electrons. The Bertz CT molecular complexity index is 336. The fourth-order valence-electron chi connectivity index (χ4n) is 2.86. The summed E-state index contributed by atoms with van der Waals surface area (Å²) >= 11 is 0. The van der Waals surface area contributed by atoms with E-state index in [1.54, 1.807) is 6.33 Å². The number of rotatable bonds is 2. The fourth-order valence-corrected chi connectivity index (χ4v) is 2.86. The molecule has 4 nitrogen and oxygen atoms in total. The van der Waals surface area contributed by atoms with Crippen molar-refractivity contribution in [1.82, 2.24) is 14.8 Å². The minimum absolute atomic E-state index is 0.0929. The van der Waals surface area contributed by atoms with Crippen LogP contribution < -0.4 is 5.73 Å². The maximum atomic E-state index is 6.20. The Morgan fingerprint density at radius 2 is 2.14 bits per heavy atom. The van der Waals surface area contributed by atoms with Gasteiger partial charge in [-0.2, -0.15) is 0 Å². The molecule has 14 heavy (non-hydrogen) atoms. The standard InChI is InChI=1S/C10H16N4/c1-14-5-12-13-10(14)9(11)8-3-6-2-7(6)4-8/h5-9H,2-4,11H2,1H3. The molecule has 2 aliphatic carbocycles. The molecule has 0 spiro atoms. The van der Waals surface area contributed by atoms with E-state index in [0.29, 0.717) is 5.92 Å². The van der Waals surface area contributed by atoms with Gasteiger partial charge in [-0.05, 0) is 37.0 Å². The molecule has 1 aromatic rings. The Labute approximate surface area is 83.5 Å². The summed E-state index contributed by atoms with van der Waals surface area (Å²) < 4.78 is 1.94. The van der Waals surface area contributed by atoms with Gasteiger partial charge in [-0.25, -0.2) is 0 Å². The van der Waals surface area contributed by atoms with Crippen LogP contribution in [0.25, 0.3) is 0 Å². The van der Waals surface area contributed by atoms with Gasteiger partial charge in [-0.3, -0.25) is 0 Å². The molecule has 2 saturated carbocycles. The van der Waals surface area contributed by atoms with Crippen LogP contribution in [-0.2, 0) is 7.05 Å². The second-order valence-electron chi connectivity index (χ2n) is 4.81. The molecular weight excluding hydrogens is 176 g/mol. The quantitative estimate of drug-likeness (QED) is 0.756. The first kappa shape index (κ1) is 8.41. The SMILES string of the molecule is Cn1cnnc1C(N)C1CC2CC2C1. The van der Waals surface area contributed by atoms with E-state index in [9.17, 15) is 0 Å². The summed E-state index contributed by atoms with van der Waals surface area (Å²) in [7, 11) is 1.96. The number of aromatic nitrogens is 3. The van der Waals surface area contributed by atoms with Crippen LogP contribution in [0.3, 0.4) is 0 Å². The van der Waals surface area contributed by atoms with Gasteiger partial charge in [0.05, 0.1) is 6.04 Å². The lowest BCUT2D eigenvalue weighted by Gasteiger charge is -2.19. The highest BCUT2D eigenvalue weighted by Crippen LogP contribution is 2.56.